The molecule has 0 fully saturated rings. The van der Waals surface area contributed by atoms with E-state index in [1.54, 1.807) is 0 Å². The first kappa shape index (κ1) is 45.2. The lowest BCUT2D eigenvalue weighted by Gasteiger charge is -2.34. The van der Waals surface area contributed by atoms with Gasteiger partial charge in [0, 0.05) is 49.2 Å². The Morgan fingerprint density at radius 1 is 0.276 bits per heavy atom. The molecular weight excluding hydrogens is 951 g/mol. The predicted molar refractivity (Wildman–Crippen MR) is 324 cm³/mol. The van der Waals surface area contributed by atoms with Crippen molar-refractivity contribution in [3.8, 4) is 22.5 Å². The number of pyridine rings is 1. The molecule has 0 saturated carbocycles. The summed E-state index contributed by atoms with van der Waals surface area (Å²) < 4.78 is 7.54. The van der Waals surface area contributed by atoms with Crippen molar-refractivity contribution in [1.82, 2.24) is 9.13 Å². The second kappa shape index (κ2) is 18.8. The molecule has 3 aromatic heterocycles. The van der Waals surface area contributed by atoms with Crippen LogP contribution >= 0.6 is 0 Å². The van der Waals surface area contributed by atoms with Crippen molar-refractivity contribution >= 4 is 96.2 Å². The molecule has 358 valence electrons. The first-order valence-electron chi connectivity index (χ1n) is 26.2. The van der Waals surface area contributed by atoms with Gasteiger partial charge in [-0.15, -0.1) is 0 Å². The highest BCUT2D eigenvalue weighted by molar-refractivity contribution is 7.19. The van der Waals surface area contributed by atoms with Gasteiger partial charge in [0.25, 0.3) is 0 Å². The van der Waals surface area contributed by atoms with Crippen molar-refractivity contribution in [3.05, 3.63) is 316 Å². The average Bonchev–Trinajstić information content (AvgIpc) is 4.13. The minimum Gasteiger partial charge on any atom is -0.309 e. The summed E-state index contributed by atoms with van der Waals surface area (Å²) in [6.45, 7) is 0. The van der Waals surface area contributed by atoms with Crippen molar-refractivity contribution in [1.29, 1.82) is 0 Å². The summed E-state index contributed by atoms with van der Waals surface area (Å²) in [6.07, 6.45) is 4.79. The zero-order chi connectivity index (χ0) is 50.5. The quantitative estimate of drug-likeness (QED) is 0.0905. The largest absolute Gasteiger partial charge is 0.462 e. The summed E-state index contributed by atoms with van der Waals surface area (Å²) >= 11 is 0. The first-order chi connectivity index (χ1) is 37.7. The maximum absolute atomic E-state index is 2.87. The van der Waals surface area contributed by atoms with Crippen LogP contribution in [0.4, 0.5) is 0 Å². The Balaban J connectivity index is 0.986. The zero-order valence-corrected chi connectivity index (χ0v) is 43.9. The first-order valence-corrected chi connectivity index (χ1v) is 30.2. The van der Waals surface area contributed by atoms with Gasteiger partial charge in [-0.1, -0.05) is 255 Å². The van der Waals surface area contributed by atoms with Crippen LogP contribution in [0.25, 0.3) is 66.1 Å². The van der Waals surface area contributed by atoms with Gasteiger partial charge >= 0.3 is 8.24 Å². The maximum atomic E-state index is 2.58. The van der Waals surface area contributed by atoms with Gasteiger partial charge in [0.2, 0.25) is 0 Å². The van der Waals surface area contributed by atoms with Gasteiger partial charge in [0.15, 0.2) is 14.3 Å². The Bertz CT molecular complexity index is 4160. The summed E-state index contributed by atoms with van der Waals surface area (Å²) in [5.41, 5.74) is 9.33. The number of hydrogen-bond donors (Lipinski definition) is 0. The summed E-state index contributed by atoms with van der Waals surface area (Å²) in [5, 5.41) is 14.3. The van der Waals surface area contributed by atoms with Gasteiger partial charge in [-0.05, 0) is 74.3 Å². The lowest BCUT2D eigenvalue weighted by molar-refractivity contribution is -0.537. The maximum Gasteiger partial charge on any atom is 0.462 e. The molecule has 0 N–H and O–H groups in total. The van der Waals surface area contributed by atoms with Crippen molar-refractivity contribution in [2.45, 2.75) is 0 Å². The highest BCUT2D eigenvalue weighted by Crippen LogP contribution is 2.41. The van der Waals surface area contributed by atoms with Crippen molar-refractivity contribution in [2.75, 3.05) is 0 Å². The molecule has 0 radical (unpaired) electrons. The third-order valence-corrected chi connectivity index (χ3v) is 25.2. The summed E-state index contributed by atoms with van der Waals surface area (Å²) in [7, 11) is -5.60. The van der Waals surface area contributed by atoms with Crippen LogP contribution in [0.1, 0.15) is 0 Å². The summed E-state index contributed by atoms with van der Waals surface area (Å²) in [5.74, 6) is 0. The Kier molecular flexibility index (Phi) is 11.2. The van der Waals surface area contributed by atoms with Crippen LogP contribution in [-0.2, 0) is 0 Å². The molecular formula is C71H52N3Si2+. The topological polar surface area (TPSA) is 13.7 Å². The van der Waals surface area contributed by atoms with E-state index in [-0.39, 0.29) is 0 Å². The predicted octanol–water partition coefficient (Wildman–Crippen LogP) is 11.7. The molecule has 0 aliphatic heterocycles. The van der Waals surface area contributed by atoms with E-state index in [0.29, 0.717) is 0 Å². The Hall–Kier alpha value is -9.40. The number of benzene rings is 11. The Labute approximate surface area is 445 Å². The van der Waals surface area contributed by atoms with Crippen molar-refractivity contribution in [2.24, 2.45) is 0 Å². The van der Waals surface area contributed by atoms with Gasteiger partial charge in [0.05, 0.1) is 27.5 Å². The molecule has 14 rings (SSSR count). The number of aromatic nitrogens is 3. The van der Waals surface area contributed by atoms with Gasteiger partial charge in [-0.25, -0.2) is 0 Å². The van der Waals surface area contributed by atoms with E-state index in [9.17, 15) is 0 Å². The summed E-state index contributed by atoms with van der Waals surface area (Å²) in [4.78, 5) is 0. The van der Waals surface area contributed by atoms with E-state index >= 15 is 0 Å². The molecule has 0 saturated heterocycles. The molecule has 0 unspecified atom stereocenters. The highest BCUT2D eigenvalue weighted by atomic mass is 28.3. The molecule has 0 bridgehead atoms. The minimum absolute atomic E-state index is 1.12. The van der Waals surface area contributed by atoms with Crippen LogP contribution in [0.3, 0.4) is 0 Å². The second-order valence-electron chi connectivity index (χ2n) is 19.8. The molecule has 0 aliphatic rings. The molecule has 0 aliphatic carbocycles. The smallest absolute Gasteiger partial charge is 0.309 e. The monoisotopic (exact) mass is 1000 g/mol. The van der Waals surface area contributed by atoms with E-state index in [2.05, 4.69) is 329 Å². The van der Waals surface area contributed by atoms with E-state index in [0.717, 1.165) is 16.9 Å². The van der Waals surface area contributed by atoms with Gasteiger partial charge in [0.1, 0.15) is 6.20 Å². The number of fused-ring (bicyclic) bond motifs is 6. The van der Waals surface area contributed by atoms with E-state index in [1.807, 2.05) is 0 Å². The third-order valence-electron chi connectivity index (χ3n) is 15.9. The molecule has 76 heavy (non-hydrogen) atoms. The zero-order valence-electron chi connectivity index (χ0n) is 41.9. The Morgan fingerprint density at radius 2 is 0.684 bits per heavy atom. The standard InChI is InChI=1S/C71H52N3Si2/c1-8-25-53(26-9-1)63-40-24-42-70-71(63)65-51-55(45-48-68(65)73(70)54-43-46-59(47-44-54)75(56-27-10-2-11-28-56,57-29-12-3-13-30-57)58-31-14-4-15-32-58)74-67-41-23-22-39-64(67)66-52-72(50-49-69(66)74)76(60-33-16-5-17-34-60,61-35-18-6-19-36-61)62-37-20-7-21-38-62/h1-52H/q+1. The van der Waals surface area contributed by atoms with Crippen LogP contribution in [0, 0.1) is 0 Å². The molecule has 3 heterocycles. The fourth-order valence-electron chi connectivity index (χ4n) is 12.6. The summed E-state index contributed by atoms with van der Waals surface area (Å²) in [6, 6.07) is 113. The molecule has 3 nitrogen and oxygen atoms in total. The van der Waals surface area contributed by atoms with Crippen molar-refractivity contribution in [3.63, 3.8) is 0 Å². The molecule has 0 amide bonds. The average molecular weight is 1000 g/mol. The number of nitrogens with zero attached hydrogens (tertiary/aromatic N) is 3. The van der Waals surface area contributed by atoms with E-state index < -0.39 is 16.3 Å². The van der Waals surface area contributed by atoms with Gasteiger partial charge in [-0.3, -0.25) is 4.23 Å². The molecule has 5 heteroatoms. The van der Waals surface area contributed by atoms with Crippen LogP contribution in [0.5, 0.6) is 0 Å². The fourth-order valence-corrected chi connectivity index (χ4v) is 21.9. The number of para-hydroxylation sites is 1. The fraction of sp³-hybridized carbons (Fsp3) is 0. The van der Waals surface area contributed by atoms with E-state index in [4.69, 9.17) is 0 Å². The third kappa shape index (κ3) is 7.12. The molecule has 11 aromatic carbocycles. The second-order valence-corrected chi connectivity index (χ2v) is 27.3. The number of rotatable bonds is 11. The minimum atomic E-state index is -2.87. The molecule has 14 aromatic rings. The molecule has 0 spiro atoms. The van der Waals surface area contributed by atoms with Crippen LogP contribution < -0.4 is 40.5 Å². The van der Waals surface area contributed by atoms with E-state index in [1.165, 1.54) is 85.5 Å². The van der Waals surface area contributed by atoms with Crippen LogP contribution in [-0.4, -0.2) is 25.4 Å². The van der Waals surface area contributed by atoms with Gasteiger partial charge in [-0.2, -0.15) is 0 Å². The highest BCUT2D eigenvalue weighted by Gasteiger charge is 2.53. The van der Waals surface area contributed by atoms with Crippen LogP contribution in [0.15, 0.2) is 316 Å². The number of hydrogen-bond acceptors (Lipinski definition) is 0. The van der Waals surface area contributed by atoms with Crippen molar-refractivity contribution < 1.29 is 4.23 Å². The lowest BCUT2D eigenvalue weighted by Crippen LogP contribution is -2.84. The van der Waals surface area contributed by atoms with Crippen LogP contribution in [0.2, 0.25) is 0 Å². The van der Waals surface area contributed by atoms with Gasteiger partial charge < -0.3 is 9.13 Å². The molecule has 0 atom stereocenters. The lowest BCUT2D eigenvalue weighted by atomic mass is 9.99. The Morgan fingerprint density at radius 3 is 1.22 bits per heavy atom. The normalized spacial score (nSPS) is 11.9. The SMILES string of the molecule is c1ccc(-c2cccc3c2c2cc(-n4c5ccccc5c5c[n+]([Si](c6ccccc6)(c6ccccc6)c6ccccc6)ccc54)ccc2n3-c2ccc([Si](c3ccccc3)(c3ccccc3)c3ccccc3)cc2)cc1.